The maximum absolute atomic E-state index is 12.4. The van der Waals surface area contributed by atoms with E-state index in [0.717, 1.165) is 25.9 Å². The van der Waals surface area contributed by atoms with Gasteiger partial charge in [0.2, 0.25) is 11.8 Å². The van der Waals surface area contributed by atoms with E-state index in [-0.39, 0.29) is 18.4 Å². The average molecular weight is 304 g/mol. The van der Waals surface area contributed by atoms with Crippen molar-refractivity contribution in [3.63, 3.8) is 0 Å². The zero-order valence-electron chi connectivity index (χ0n) is 13.5. The smallest absolute Gasteiger partial charge is 0.242 e. The Morgan fingerprint density at radius 1 is 1.32 bits per heavy atom. The van der Waals surface area contributed by atoms with Crippen molar-refractivity contribution in [2.24, 2.45) is 5.92 Å². The van der Waals surface area contributed by atoms with Crippen LogP contribution in [0, 0.1) is 5.92 Å². The van der Waals surface area contributed by atoms with Crippen LogP contribution >= 0.6 is 0 Å². The topological polar surface area (TPSA) is 49.9 Å². The molecule has 1 aliphatic rings. The lowest BCUT2D eigenvalue weighted by Crippen LogP contribution is -2.45. The highest BCUT2D eigenvalue weighted by molar-refractivity contribution is 5.97. The van der Waals surface area contributed by atoms with Crippen molar-refractivity contribution in [2.45, 2.75) is 26.7 Å². The number of ether oxygens (including phenoxy) is 1. The minimum atomic E-state index is -0.146. The van der Waals surface area contributed by atoms with Crippen LogP contribution in [0.1, 0.15) is 26.7 Å². The summed E-state index contributed by atoms with van der Waals surface area (Å²) in [6.45, 7) is 5.33. The Balaban J connectivity index is 2.08. The second-order valence-corrected chi connectivity index (χ2v) is 5.87. The third-order valence-corrected chi connectivity index (χ3v) is 4.17. The zero-order valence-corrected chi connectivity index (χ0v) is 13.5. The zero-order chi connectivity index (χ0) is 16.1. The van der Waals surface area contributed by atoms with E-state index in [2.05, 4.69) is 6.92 Å². The lowest BCUT2D eigenvalue weighted by atomic mass is 9.99. The first kappa shape index (κ1) is 16.3. The molecule has 5 heteroatoms. The van der Waals surface area contributed by atoms with E-state index >= 15 is 0 Å². The summed E-state index contributed by atoms with van der Waals surface area (Å²) in [6, 6.07) is 7.22. The van der Waals surface area contributed by atoms with E-state index in [1.807, 2.05) is 23.1 Å². The van der Waals surface area contributed by atoms with Crippen molar-refractivity contribution >= 4 is 17.5 Å². The van der Waals surface area contributed by atoms with Gasteiger partial charge in [-0.05, 0) is 30.9 Å². The number of carbonyl (C=O) groups is 2. The van der Waals surface area contributed by atoms with Crippen LogP contribution in [0.15, 0.2) is 24.3 Å². The van der Waals surface area contributed by atoms with Gasteiger partial charge in [0.1, 0.15) is 12.3 Å². The molecule has 0 bridgehead atoms. The average Bonchev–Trinajstić information content (AvgIpc) is 2.52. The number of piperidine rings is 1. The number of hydrogen-bond acceptors (Lipinski definition) is 3. The molecule has 2 amide bonds. The fourth-order valence-corrected chi connectivity index (χ4v) is 2.66. The van der Waals surface area contributed by atoms with Crippen LogP contribution in [0.25, 0.3) is 0 Å². The van der Waals surface area contributed by atoms with Crippen molar-refractivity contribution in [1.82, 2.24) is 4.90 Å². The lowest BCUT2D eigenvalue weighted by molar-refractivity contribution is -0.132. The Bertz CT molecular complexity index is 536. The van der Waals surface area contributed by atoms with E-state index in [9.17, 15) is 9.59 Å². The maximum Gasteiger partial charge on any atom is 0.242 e. The predicted octanol–water partition coefficient (Wildman–Crippen LogP) is 2.31. The van der Waals surface area contributed by atoms with Gasteiger partial charge in [-0.25, -0.2) is 0 Å². The minimum Gasteiger partial charge on any atom is -0.497 e. The Labute approximate surface area is 131 Å². The van der Waals surface area contributed by atoms with Gasteiger partial charge in [-0.1, -0.05) is 13.0 Å². The van der Waals surface area contributed by atoms with Crippen molar-refractivity contribution < 1.29 is 14.3 Å². The number of carbonyl (C=O) groups excluding carboxylic acids is 2. The van der Waals surface area contributed by atoms with E-state index in [4.69, 9.17) is 4.74 Å². The maximum atomic E-state index is 12.4. The summed E-state index contributed by atoms with van der Waals surface area (Å²) in [5, 5.41) is 0. The molecule has 0 aliphatic carbocycles. The molecule has 0 saturated carbocycles. The van der Waals surface area contributed by atoms with Gasteiger partial charge in [-0.2, -0.15) is 0 Å². The quantitative estimate of drug-likeness (QED) is 0.857. The van der Waals surface area contributed by atoms with Gasteiger partial charge in [-0.3, -0.25) is 9.59 Å². The van der Waals surface area contributed by atoms with Gasteiger partial charge in [-0.15, -0.1) is 0 Å². The molecular formula is C17H24N2O3. The SMILES string of the molecule is COc1cccc(N(CC(=O)N2CCC(C)CC2)C(C)=O)c1. The van der Waals surface area contributed by atoms with E-state index in [0.29, 0.717) is 17.4 Å². The molecule has 0 unspecified atom stereocenters. The molecule has 1 aliphatic heterocycles. The van der Waals surface area contributed by atoms with Gasteiger partial charge in [0.15, 0.2) is 0 Å². The second kappa shape index (κ2) is 7.29. The molecule has 0 spiro atoms. The summed E-state index contributed by atoms with van der Waals surface area (Å²) in [5.41, 5.74) is 0.686. The number of likely N-dealkylation sites (tertiary alicyclic amines) is 1. The molecule has 1 saturated heterocycles. The minimum absolute atomic E-state index is 0.00456. The molecular weight excluding hydrogens is 280 g/mol. The normalized spacial score (nSPS) is 15.5. The standard InChI is InChI=1S/C17H24N2O3/c1-13-7-9-18(10-8-13)17(21)12-19(14(2)20)15-5-4-6-16(11-15)22-3/h4-6,11,13H,7-10,12H2,1-3H3. The lowest BCUT2D eigenvalue weighted by Gasteiger charge is -2.32. The summed E-state index contributed by atoms with van der Waals surface area (Å²) < 4.78 is 5.18. The summed E-state index contributed by atoms with van der Waals surface area (Å²) in [5.74, 6) is 1.20. The monoisotopic (exact) mass is 304 g/mol. The Morgan fingerprint density at radius 3 is 2.59 bits per heavy atom. The van der Waals surface area contributed by atoms with Crippen LogP contribution in [-0.4, -0.2) is 43.5 Å². The molecule has 0 radical (unpaired) electrons. The first-order chi connectivity index (χ1) is 10.5. The van der Waals surface area contributed by atoms with Crippen LogP contribution in [0.5, 0.6) is 5.75 Å². The number of nitrogens with zero attached hydrogens (tertiary/aromatic N) is 2. The second-order valence-electron chi connectivity index (χ2n) is 5.87. The van der Waals surface area contributed by atoms with Crippen molar-refractivity contribution in [3.05, 3.63) is 24.3 Å². The molecule has 22 heavy (non-hydrogen) atoms. The summed E-state index contributed by atoms with van der Waals surface area (Å²) in [4.78, 5) is 27.7. The van der Waals surface area contributed by atoms with Crippen molar-refractivity contribution in [2.75, 3.05) is 31.6 Å². The molecule has 120 valence electrons. The van der Waals surface area contributed by atoms with Gasteiger partial charge in [0.25, 0.3) is 0 Å². The number of anilines is 1. The first-order valence-corrected chi connectivity index (χ1v) is 7.71. The number of methoxy groups -OCH3 is 1. The summed E-state index contributed by atoms with van der Waals surface area (Å²) in [7, 11) is 1.58. The molecule has 0 atom stereocenters. The van der Waals surface area contributed by atoms with Crippen molar-refractivity contribution in [1.29, 1.82) is 0 Å². The van der Waals surface area contributed by atoms with Crippen LogP contribution < -0.4 is 9.64 Å². The number of amides is 2. The fourth-order valence-electron chi connectivity index (χ4n) is 2.66. The molecule has 2 rings (SSSR count). The van der Waals surface area contributed by atoms with E-state index in [1.165, 1.54) is 11.8 Å². The van der Waals surface area contributed by atoms with E-state index in [1.54, 1.807) is 13.2 Å². The van der Waals surface area contributed by atoms with Gasteiger partial charge in [0.05, 0.1) is 7.11 Å². The Morgan fingerprint density at radius 2 is 2.00 bits per heavy atom. The van der Waals surface area contributed by atoms with Crippen LogP contribution in [-0.2, 0) is 9.59 Å². The first-order valence-electron chi connectivity index (χ1n) is 7.71. The van der Waals surface area contributed by atoms with Crippen LogP contribution in [0.3, 0.4) is 0 Å². The fraction of sp³-hybridized carbons (Fsp3) is 0.529. The largest absolute Gasteiger partial charge is 0.497 e. The number of rotatable bonds is 4. The molecule has 1 aromatic rings. The molecule has 0 aromatic heterocycles. The predicted molar refractivity (Wildman–Crippen MR) is 86.0 cm³/mol. The van der Waals surface area contributed by atoms with Gasteiger partial charge >= 0.3 is 0 Å². The molecule has 1 fully saturated rings. The Kier molecular flexibility index (Phi) is 5.41. The summed E-state index contributed by atoms with van der Waals surface area (Å²) in [6.07, 6.45) is 2.07. The van der Waals surface area contributed by atoms with Gasteiger partial charge in [0, 0.05) is 31.8 Å². The van der Waals surface area contributed by atoms with E-state index < -0.39 is 0 Å². The Hall–Kier alpha value is -2.04. The summed E-state index contributed by atoms with van der Waals surface area (Å²) >= 11 is 0. The van der Waals surface area contributed by atoms with Crippen LogP contribution in [0.2, 0.25) is 0 Å². The van der Waals surface area contributed by atoms with Crippen molar-refractivity contribution in [3.8, 4) is 5.75 Å². The number of benzene rings is 1. The highest BCUT2D eigenvalue weighted by Gasteiger charge is 2.23. The highest BCUT2D eigenvalue weighted by Crippen LogP contribution is 2.22. The third-order valence-electron chi connectivity index (χ3n) is 4.17. The molecule has 1 aromatic carbocycles. The molecule has 5 nitrogen and oxygen atoms in total. The molecule has 0 N–H and O–H groups in total. The third kappa shape index (κ3) is 4.00. The van der Waals surface area contributed by atoms with Gasteiger partial charge < -0.3 is 14.5 Å². The highest BCUT2D eigenvalue weighted by atomic mass is 16.5. The van der Waals surface area contributed by atoms with Crippen LogP contribution in [0.4, 0.5) is 5.69 Å². The molecule has 1 heterocycles. The number of hydrogen-bond donors (Lipinski definition) is 0.